The van der Waals surface area contributed by atoms with E-state index in [1.165, 1.54) is 0 Å². The average Bonchev–Trinajstić information content (AvgIpc) is 3.25. The fourth-order valence-electron chi connectivity index (χ4n) is 13.0. The minimum atomic E-state index is -2.23. The molecule has 0 bridgehead atoms. The molecule has 42 heavy (non-hydrogen) atoms. The molecule has 0 aromatic carbocycles. The van der Waals surface area contributed by atoms with Crippen LogP contribution in [0.4, 0.5) is 0 Å². The van der Waals surface area contributed by atoms with Gasteiger partial charge in [-0.05, 0) is 32.5 Å². The van der Waals surface area contributed by atoms with Crippen LogP contribution in [0.1, 0.15) is 125 Å². The van der Waals surface area contributed by atoms with Crippen molar-refractivity contribution in [1.82, 2.24) is 0 Å². The molecule has 0 aromatic heterocycles. The fourth-order valence-corrected chi connectivity index (χ4v) is 59.8. The minimum absolute atomic E-state index is 0.177. The summed E-state index contributed by atoms with van der Waals surface area (Å²) >= 11 is 0. The van der Waals surface area contributed by atoms with E-state index in [9.17, 15) is 0 Å². The molecule has 240 valence electrons. The molecule has 0 aliphatic carbocycles. The van der Waals surface area contributed by atoms with Crippen molar-refractivity contribution in [2.45, 2.75) is 173 Å². The van der Waals surface area contributed by atoms with E-state index in [1.54, 1.807) is 0 Å². The van der Waals surface area contributed by atoms with Crippen LogP contribution in [0.3, 0.4) is 0 Å². The highest BCUT2D eigenvalue weighted by atomic mass is 28.5. The van der Waals surface area contributed by atoms with Gasteiger partial charge in [0, 0.05) is 9.32 Å². The first kappa shape index (κ1) is 35.0. The summed E-state index contributed by atoms with van der Waals surface area (Å²) in [6.07, 6.45) is 0. The summed E-state index contributed by atoms with van der Waals surface area (Å²) in [5.74, 6) is 0. The molecule has 4 aliphatic rings. The number of fused-ring (bicyclic) bond motifs is 2. The van der Waals surface area contributed by atoms with Crippen LogP contribution in [0, 0.1) is 32.5 Å². The average molecular weight is 641 g/mol. The SMILES string of the molecule is CC(C)(C)C1=C(C(C)(C)C)[Si]23C(C(C)(C)C)=C(C(C)(C)C)C2(C(C)(C)C)[Si]2(C([Si](C)(C)C)=C2[Si](C)(C)C)C13C(C)(C)C. The van der Waals surface area contributed by atoms with Crippen LogP contribution in [0.5, 0.6) is 0 Å². The van der Waals surface area contributed by atoms with Gasteiger partial charge in [-0.2, -0.15) is 0 Å². The number of rotatable bonds is 2. The Morgan fingerprint density at radius 1 is 0.381 bits per heavy atom. The van der Waals surface area contributed by atoms with Crippen LogP contribution in [-0.4, -0.2) is 32.3 Å². The topological polar surface area (TPSA) is 0 Å². The molecule has 4 heterocycles. The lowest BCUT2D eigenvalue weighted by atomic mass is 9.68. The van der Waals surface area contributed by atoms with Gasteiger partial charge < -0.3 is 0 Å². The Hall–Kier alpha value is 0.0875. The zero-order chi connectivity index (χ0) is 33.5. The monoisotopic (exact) mass is 640 g/mol. The first-order valence-corrected chi connectivity index (χ1v) is 28.2. The molecule has 4 heteroatoms. The molecule has 4 rings (SSSR count). The molecule has 4 aliphatic heterocycles. The molecule has 0 N–H and O–H groups in total. The highest BCUT2D eigenvalue weighted by molar-refractivity contribution is 7.48. The maximum absolute atomic E-state index is 2.74. The van der Waals surface area contributed by atoms with Gasteiger partial charge in [-0.25, -0.2) is 0 Å². The van der Waals surface area contributed by atoms with Gasteiger partial charge in [0.2, 0.25) is 0 Å². The van der Waals surface area contributed by atoms with Crippen molar-refractivity contribution in [3.05, 3.63) is 31.2 Å². The summed E-state index contributed by atoms with van der Waals surface area (Å²) < 4.78 is 0.757. The van der Waals surface area contributed by atoms with Crippen molar-refractivity contribution >= 4 is 32.3 Å². The Kier molecular flexibility index (Phi) is 6.77. The van der Waals surface area contributed by atoms with Crippen molar-refractivity contribution in [2.75, 3.05) is 0 Å². The van der Waals surface area contributed by atoms with E-state index >= 15 is 0 Å². The van der Waals surface area contributed by atoms with Gasteiger partial charge in [0.25, 0.3) is 0 Å². The van der Waals surface area contributed by atoms with Crippen molar-refractivity contribution in [1.29, 1.82) is 0 Å². The molecule has 2 spiro atoms. The third kappa shape index (κ3) is 3.31. The molecular formula is C38H72Si4. The predicted octanol–water partition coefficient (Wildman–Crippen LogP) is 12.6. The smallest absolute Gasteiger partial charge is 0.0935 e. The van der Waals surface area contributed by atoms with E-state index in [1.807, 2.05) is 21.5 Å². The zero-order valence-corrected chi connectivity index (χ0v) is 37.0. The van der Waals surface area contributed by atoms with E-state index in [0.717, 1.165) is 0 Å². The third-order valence-electron chi connectivity index (χ3n) is 11.9. The predicted molar refractivity (Wildman–Crippen MR) is 201 cm³/mol. The van der Waals surface area contributed by atoms with Crippen LogP contribution < -0.4 is 0 Å². The van der Waals surface area contributed by atoms with E-state index in [4.69, 9.17) is 0 Å². The van der Waals surface area contributed by atoms with Gasteiger partial charge in [0.15, 0.2) is 0 Å². The highest BCUT2D eigenvalue weighted by Gasteiger charge is 3.08. The van der Waals surface area contributed by atoms with Gasteiger partial charge in [-0.15, -0.1) is 0 Å². The summed E-state index contributed by atoms with van der Waals surface area (Å²) in [5, 5.41) is 4.00. The standard InChI is InChI=1S/C38H72Si4/c1-31(2,3)25-27(33(7,8)9)41-28(34(10,11)12)26(32(4,5)6)38(41,36(16,17)18)42(37(25,41)35(13,14)15)29(39(19,20)21)30(42)40(22,23)24/h1-24H3. The molecule has 1 saturated heterocycles. The lowest BCUT2D eigenvalue weighted by Gasteiger charge is -2.97. The lowest BCUT2D eigenvalue weighted by Crippen LogP contribution is -3.01. The maximum atomic E-state index is 2.74. The number of hydrogen-bond donors (Lipinski definition) is 0. The largest absolute Gasteiger partial charge is 0.127 e. The summed E-state index contributed by atoms with van der Waals surface area (Å²) in [7, 11) is -7.57. The first-order valence-electron chi connectivity index (χ1n) is 17.2. The Morgan fingerprint density at radius 3 is 0.762 bits per heavy atom. The molecule has 2 unspecified atom stereocenters. The van der Waals surface area contributed by atoms with Crippen LogP contribution in [0.15, 0.2) is 31.2 Å². The van der Waals surface area contributed by atoms with Crippen LogP contribution >= 0.6 is 0 Å². The van der Waals surface area contributed by atoms with Crippen LogP contribution in [0.25, 0.3) is 0 Å². The first-order chi connectivity index (χ1) is 18.0. The Morgan fingerprint density at radius 2 is 0.619 bits per heavy atom. The highest BCUT2D eigenvalue weighted by Crippen LogP contribution is 3.07. The minimum Gasteiger partial charge on any atom is -0.0935 e. The Bertz CT molecular complexity index is 1220. The third-order valence-corrected chi connectivity index (χ3v) is 41.2. The molecular weight excluding hydrogens is 569 g/mol. The van der Waals surface area contributed by atoms with E-state index in [2.05, 4.69) is 174 Å². The molecule has 0 amide bonds. The van der Waals surface area contributed by atoms with Gasteiger partial charge in [-0.1, -0.05) is 195 Å². The van der Waals surface area contributed by atoms with Crippen molar-refractivity contribution in [2.24, 2.45) is 32.5 Å². The Labute approximate surface area is 268 Å². The van der Waals surface area contributed by atoms with Crippen LogP contribution in [0.2, 0.25) is 48.6 Å². The van der Waals surface area contributed by atoms with E-state index < -0.39 is 32.3 Å². The maximum Gasteiger partial charge on any atom is 0.127 e. The van der Waals surface area contributed by atoms with Gasteiger partial charge in [0.05, 0.1) is 16.1 Å². The zero-order valence-electron chi connectivity index (χ0n) is 33.0. The number of hydrogen-bond acceptors (Lipinski definition) is 0. The van der Waals surface area contributed by atoms with Gasteiger partial charge in [0.1, 0.15) is 16.1 Å². The quantitative estimate of drug-likeness (QED) is 0.263. The fraction of sp³-hybridized carbons (Fsp3) is 0.842. The molecule has 0 saturated carbocycles. The van der Waals surface area contributed by atoms with Crippen molar-refractivity contribution < 1.29 is 0 Å². The number of allylic oxidation sites excluding steroid dienone is 4. The normalized spacial score (nSPS) is 32.0. The Balaban J connectivity index is 2.52. The van der Waals surface area contributed by atoms with Crippen LogP contribution in [-0.2, 0) is 0 Å². The second-order valence-corrected chi connectivity index (χ2v) is 43.2. The van der Waals surface area contributed by atoms with E-state index in [-0.39, 0.29) is 32.5 Å². The van der Waals surface area contributed by atoms with Crippen molar-refractivity contribution in [3.63, 3.8) is 0 Å². The molecule has 2 atom stereocenters. The summed E-state index contributed by atoms with van der Waals surface area (Å²) in [6.45, 7) is 64.1. The summed E-state index contributed by atoms with van der Waals surface area (Å²) in [4.78, 5) is 4.35. The van der Waals surface area contributed by atoms with Gasteiger partial charge >= 0.3 is 0 Å². The summed E-state index contributed by atoms with van der Waals surface area (Å²) in [6, 6.07) is 0. The van der Waals surface area contributed by atoms with Crippen molar-refractivity contribution in [3.8, 4) is 0 Å². The second-order valence-electron chi connectivity index (χ2n) is 23.2. The molecule has 0 aromatic rings. The summed E-state index contributed by atoms with van der Waals surface area (Å²) in [5.41, 5.74) is 5.13. The second kappa shape index (κ2) is 8.14. The molecule has 0 radical (unpaired) electrons. The lowest BCUT2D eigenvalue weighted by molar-refractivity contribution is 0.187. The van der Waals surface area contributed by atoms with E-state index in [0.29, 0.717) is 9.32 Å². The van der Waals surface area contributed by atoms with Gasteiger partial charge in [-0.3, -0.25) is 0 Å². The molecule has 0 nitrogen and oxygen atoms in total. The molecule has 1 fully saturated rings.